The van der Waals surface area contributed by atoms with E-state index in [1.807, 2.05) is 6.07 Å². The Hall–Kier alpha value is -0.800. The molecule has 1 unspecified atom stereocenters. The number of nitrogens with one attached hydrogen (secondary N) is 1. The number of furan rings is 1. The first-order chi connectivity index (χ1) is 9.20. The highest BCUT2D eigenvalue weighted by molar-refractivity contribution is 5.01. The van der Waals surface area contributed by atoms with E-state index in [0.717, 1.165) is 37.4 Å². The second-order valence-corrected chi connectivity index (χ2v) is 6.10. The Bertz CT molecular complexity index is 344. The molecular formula is C16H28N2O. The number of nitrogens with zero attached hydrogens (tertiary/aromatic N) is 1. The van der Waals surface area contributed by atoms with Crippen LogP contribution in [0.3, 0.4) is 0 Å². The van der Waals surface area contributed by atoms with E-state index in [4.69, 9.17) is 4.42 Å². The van der Waals surface area contributed by atoms with Gasteiger partial charge in [0, 0.05) is 18.6 Å². The van der Waals surface area contributed by atoms with E-state index >= 15 is 0 Å². The molecule has 108 valence electrons. The third-order valence-corrected chi connectivity index (χ3v) is 3.81. The highest BCUT2D eigenvalue weighted by atomic mass is 16.3. The normalized spacial score (nSPS) is 17.3. The van der Waals surface area contributed by atoms with Crippen LogP contribution in [0.4, 0.5) is 0 Å². The monoisotopic (exact) mass is 264 g/mol. The van der Waals surface area contributed by atoms with Gasteiger partial charge in [-0.2, -0.15) is 0 Å². The third-order valence-electron chi connectivity index (χ3n) is 3.81. The first-order valence-corrected chi connectivity index (χ1v) is 7.69. The van der Waals surface area contributed by atoms with Crippen molar-refractivity contribution in [2.24, 2.45) is 5.92 Å². The van der Waals surface area contributed by atoms with Crippen molar-refractivity contribution in [1.29, 1.82) is 0 Å². The Labute approximate surface area is 117 Å². The van der Waals surface area contributed by atoms with Crippen molar-refractivity contribution in [3.8, 4) is 0 Å². The van der Waals surface area contributed by atoms with Crippen LogP contribution in [0.2, 0.25) is 0 Å². The Morgan fingerprint density at radius 1 is 1.37 bits per heavy atom. The third kappa shape index (κ3) is 4.66. The molecule has 1 aromatic heterocycles. The summed E-state index contributed by atoms with van der Waals surface area (Å²) in [4.78, 5) is 2.63. The summed E-state index contributed by atoms with van der Waals surface area (Å²) < 4.78 is 5.52. The fourth-order valence-electron chi connectivity index (χ4n) is 2.58. The van der Waals surface area contributed by atoms with Crippen molar-refractivity contribution in [3.63, 3.8) is 0 Å². The lowest BCUT2D eigenvalue weighted by atomic mass is 10.1. The number of hydrogen-bond donors (Lipinski definition) is 1. The first-order valence-electron chi connectivity index (χ1n) is 7.69. The van der Waals surface area contributed by atoms with Gasteiger partial charge in [-0.1, -0.05) is 20.8 Å². The second kappa shape index (κ2) is 7.11. The minimum absolute atomic E-state index is 0.622. The van der Waals surface area contributed by atoms with Gasteiger partial charge in [-0.3, -0.25) is 4.90 Å². The van der Waals surface area contributed by atoms with Crippen molar-refractivity contribution < 1.29 is 4.42 Å². The molecular weight excluding hydrogens is 236 g/mol. The van der Waals surface area contributed by atoms with E-state index in [2.05, 4.69) is 37.1 Å². The molecule has 0 radical (unpaired) electrons. The minimum atomic E-state index is 0.622. The topological polar surface area (TPSA) is 28.4 Å². The van der Waals surface area contributed by atoms with Gasteiger partial charge in [0.2, 0.25) is 0 Å². The number of rotatable bonds is 9. The molecule has 1 heterocycles. The van der Waals surface area contributed by atoms with E-state index in [-0.39, 0.29) is 0 Å². The van der Waals surface area contributed by atoms with Crippen molar-refractivity contribution in [2.75, 3.05) is 13.1 Å². The van der Waals surface area contributed by atoms with Crippen LogP contribution >= 0.6 is 0 Å². The van der Waals surface area contributed by atoms with Gasteiger partial charge < -0.3 is 9.73 Å². The van der Waals surface area contributed by atoms with E-state index in [0.29, 0.717) is 6.04 Å². The molecule has 3 heteroatoms. The zero-order valence-electron chi connectivity index (χ0n) is 12.6. The van der Waals surface area contributed by atoms with Crippen LogP contribution in [0, 0.1) is 5.92 Å². The van der Waals surface area contributed by atoms with Crippen LogP contribution in [-0.4, -0.2) is 30.1 Å². The van der Waals surface area contributed by atoms with E-state index in [9.17, 15) is 0 Å². The maximum atomic E-state index is 5.52. The van der Waals surface area contributed by atoms with Crippen LogP contribution in [0.25, 0.3) is 0 Å². The maximum absolute atomic E-state index is 5.52. The highest BCUT2D eigenvalue weighted by Crippen LogP contribution is 2.31. The van der Waals surface area contributed by atoms with Crippen LogP contribution in [0.1, 0.15) is 45.8 Å². The molecule has 1 aromatic rings. The lowest BCUT2D eigenvalue weighted by Gasteiger charge is -2.31. The number of hydrogen-bond acceptors (Lipinski definition) is 3. The fraction of sp³-hybridized carbons (Fsp3) is 0.750. The van der Waals surface area contributed by atoms with E-state index in [1.165, 1.54) is 19.3 Å². The second-order valence-electron chi connectivity index (χ2n) is 6.10. The Morgan fingerprint density at radius 3 is 2.68 bits per heavy atom. The molecule has 0 spiro atoms. The average Bonchev–Trinajstić information content (AvgIpc) is 3.10. The Kier molecular flexibility index (Phi) is 5.46. The fourth-order valence-corrected chi connectivity index (χ4v) is 2.58. The summed E-state index contributed by atoms with van der Waals surface area (Å²) in [5.41, 5.74) is 0. The molecule has 2 rings (SSSR count). The predicted molar refractivity (Wildman–Crippen MR) is 79.1 cm³/mol. The summed E-state index contributed by atoms with van der Waals surface area (Å²) in [5.74, 6) is 1.81. The Balaban J connectivity index is 1.88. The maximum Gasteiger partial charge on any atom is 0.117 e. The highest BCUT2D eigenvalue weighted by Gasteiger charge is 2.33. The van der Waals surface area contributed by atoms with Gasteiger partial charge in [-0.25, -0.2) is 0 Å². The van der Waals surface area contributed by atoms with Crippen molar-refractivity contribution in [1.82, 2.24) is 10.2 Å². The molecule has 1 atom stereocenters. The summed E-state index contributed by atoms with van der Waals surface area (Å²) in [7, 11) is 0. The molecule has 19 heavy (non-hydrogen) atoms. The molecule has 0 aliphatic heterocycles. The van der Waals surface area contributed by atoms with E-state index < -0.39 is 0 Å². The molecule has 0 amide bonds. The molecule has 1 fully saturated rings. The van der Waals surface area contributed by atoms with Gasteiger partial charge >= 0.3 is 0 Å². The molecule has 0 saturated heterocycles. The predicted octanol–water partition coefficient (Wildman–Crippen LogP) is 3.27. The molecule has 1 saturated carbocycles. The summed E-state index contributed by atoms with van der Waals surface area (Å²) in [6, 6.07) is 5.47. The first kappa shape index (κ1) is 14.6. The quantitative estimate of drug-likeness (QED) is 0.742. The van der Waals surface area contributed by atoms with Crippen LogP contribution in [0.15, 0.2) is 22.8 Å². The van der Waals surface area contributed by atoms with Crippen molar-refractivity contribution in [2.45, 2.75) is 58.7 Å². The molecule has 0 bridgehead atoms. The average molecular weight is 264 g/mol. The zero-order valence-corrected chi connectivity index (χ0v) is 12.6. The molecule has 1 aliphatic rings. The molecule has 0 aromatic carbocycles. The summed E-state index contributed by atoms with van der Waals surface area (Å²) in [6.07, 6.45) is 5.67. The van der Waals surface area contributed by atoms with Gasteiger partial charge in [0.1, 0.15) is 5.76 Å². The standard InChI is InChI=1S/C16H28N2O/c1-4-14(11-17-10-13(2)3)18(15-7-8-15)12-16-6-5-9-19-16/h5-6,9,13-15,17H,4,7-8,10-12H2,1-3H3. The smallest absolute Gasteiger partial charge is 0.117 e. The minimum Gasteiger partial charge on any atom is -0.468 e. The van der Waals surface area contributed by atoms with Crippen LogP contribution in [0.5, 0.6) is 0 Å². The Morgan fingerprint density at radius 2 is 2.16 bits per heavy atom. The van der Waals surface area contributed by atoms with Crippen LogP contribution < -0.4 is 5.32 Å². The van der Waals surface area contributed by atoms with Gasteiger partial charge in [0.05, 0.1) is 12.8 Å². The molecule has 1 N–H and O–H groups in total. The molecule has 1 aliphatic carbocycles. The van der Waals surface area contributed by atoms with Crippen LogP contribution in [-0.2, 0) is 6.54 Å². The van der Waals surface area contributed by atoms with Gasteiger partial charge in [0.15, 0.2) is 0 Å². The summed E-state index contributed by atoms with van der Waals surface area (Å²) in [6.45, 7) is 9.96. The largest absolute Gasteiger partial charge is 0.468 e. The zero-order chi connectivity index (χ0) is 13.7. The van der Waals surface area contributed by atoms with Crippen molar-refractivity contribution >= 4 is 0 Å². The van der Waals surface area contributed by atoms with Gasteiger partial charge in [-0.05, 0) is 43.9 Å². The van der Waals surface area contributed by atoms with Gasteiger partial charge in [-0.15, -0.1) is 0 Å². The van der Waals surface area contributed by atoms with Gasteiger partial charge in [0.25, 0.3) is 0 Å². The summed E-state index contributed by atoms with van der Waals surface area (Å²) in [5, 5.41) is 3.61. The van der Waals surface area contributed by atoms with E-state index in [1.54, 1.807) is 6.26 Å². The van der Waals surface area contributed by atoms with Crippen molar-refractivity contribution in [3.05, 3.63) is 24.2 Å². The lowest BCUT2D eigenvalue weighted by Crippen LogP contribution is -2.43. The molecule has 3 nitrogen and oxygen atoms in total. The summed E-state index contributed by atoms with van der Waals surface area (Å²) >= 11 is 0. The lowest BCUT2D eigenvalue weighted by molar-refractivity contribution is 0.155. The SMILES string of the molecule is CCC(CNCC(C)C)N(Cc1ccco1)C1CC1.